The van der Waals surface area contributed by atoms with Crippen molar-refractivity contribution in [2.75, 3.05) is 18.8 Å². The number of amides is 3. The topological polar surface area (TPSA) is 168 Å². The Kier molecular flexibility index (Phi) is 11.3. The molecule has 1 saturated heterocycles. The minimum Gasteiger partial charge on any atom is -0.480 e. The van der Waals surface area contributed by atoms with Crippen LogP contribution in [-0.2, 0) is 25.6 Å². The van der Waals surface area contributed by atoms with Crippen molar-refractivity contribution in [3.05, 3.63) is 35.9 Å². The summed E-state index contributed by atoms with van der Waals surface area (Å²) in [5.41, 5.74) is 12.5. The minimum atomic E-state index is -1.06. The monoisotopic (exact) mass is 493 g/mol. The van der Waals surface area contributed by atoms with Gasteiger partial charge in [-0.05, 0) is 50.6 Å². The number of carbonyl (C=O) groups excluding carboxylic acids is 3. The van der Waals surface area contributed by atoms with Gasteiger partial charge in [-0.15, -0.1) is 0 Å². The number of rotatable bonds is 13. The van der Waals surface area contributed by atoms with Gasteiger partial charge in [0.15, 0.2) is 0 Å². The maximum absolute atomic E-state index is 13.1. The van der Waals surface area contributed by atoms with Gasteiger partial charge in [-0.1, -0.05) is 30.3 Å². The summed E-state index contributed by atoms with van der Waals surface area (Å²) >= 11 is 4.18. The molecule has 1 aromatic carbocycles. The van der Waals surface area contributed by atoms with Gasteiger partial charge in [-0.25, -0.2) is 4.79 Å². The molecule has 0 saturated carbocycles. The van der Waals surface area contributed by atoms with Crippen molar-refractivity contribution >= 4 is 36.3 Å². The summed E-state index contributed by atoms with van der Waals surface area (Å²) in [6.07, 6.45) is 2.81. The molecule has 3 amide bonds. The molecule has 7 N–H and O–H groups in total. The van der Waals surface area contributed by atoms with Gasteiger partial charge in [0.2, 0.25) is 17.7 Å². The zero-order valence-electron chi connectivity index (χ0n) is 19.2. The summed E-state index contributed by atoms with van der Waals surface area (Å²) in [7, 11) is 0. The summed E-state index contributed by atoms with van der Waals surface area (Å²) in [4.78, 5) is 51.5. The second-order valence-electron chi connectivity index (χ2n) is 8.41. The van der Waals surface area contributed by atoms with Crippen LogP contribution in [0.15, 0.2) is 30.3 Å². The quantitative estimate of drug-likeness (QED) is 0.161. The number of thiol groups is 1. The molecule has 0 spiro atoms. The predicted octanol–water partition coefficient (Wildman–Crippen LogP) is -0.340. The van der Waals surface area contributed by atoms with Crippen molar-refractivity contribution < 1.29 is 24.3 Å². The predicted molar refractivity (Wildman–Crippen MR) is 131 cm³/mol. The molecule has 0 aromatic heterocycles. The highest BCUT2D eigenvalue weighted by atomic mass is 32.1. The molecule has 1 aliphatic heterocycles. The molecule has 4 unspecified atom stereocenters. The number of benzene rings is 1. The van der Waals surface area contributed by atoms with Gasteiger partial charge in [0.25, 0.3) is 0 Å². The van der Waals surface area contributed by atoms with Crippen molar-refractivity contribution in [1.29, 1.82) is 0 Å². The molecule has 10 nitrogen and oxygen atoms in total. The van der Waals surface area contributed by atoms with E-state index in [0.717, 1.165) is 5.56 Å². The average Bonchev–Trinajstić information content (AvgIpc) is 3.32. The third kappa shape index (κ3) is 8.00. The van der Waals surface area contributed by atoms with Crippen LogP contribution in [0.4, 0.5) is 0 Å². The first-order valence-electron chi connectivity index (χ1n) is 11.5. The Labute approximate surface area is 205 Å². The molecular formula is C23H35N5O5S. The normalized spacial score (nSPS) is 18.1. The molecule has 188 valence electrons. The number of nitrogens with zero attached hydrogens (tertiary/aromatic N) is 1. The Morgan fingerprint density at radius 3 is 2.38 bits per heavy atom. The van der Waals surface area contributed by atoms with E-state index in [9.17, 15) is 24.3 Å². The fourth-order valence-electron chi connectivity index (χ4n) is 3.94. The average molecular weight is 494 g/mol. The molecule has 0 radical (unpaired) electrons. The highest BCUT2D eigenvalue weighted by molar-refractivity contribution is 7.80. The van der Waals surface area contributed by atoms with E-state index < -0.39 is 47.9 Å². The van der Waals surface area contributed by atoms with Crippen LogP contribution >= 0.6 is 12.6 Å². The van der Waals surface area contributed by atoms with Crippen LogP contribution in [0.5, 0.6) is 0 Å². The highest BCUT2D eigenvalue weighted by Crippen LogP contribution is 2.20. The standard InChI is InChI=1S/C23H35N5O5S/c24-11-5-4-9-17(22(31)28-12-6-10-19(28)23(32)33)26-21(30)18(14-34)27-20(29)16(25)13-15-7-2-1-3-8-15/h1-3,7-8,16-19,34H,4-6,9-14,24-25H2,(H,26,30)(H,27,29)(H,32,33). The molecule has 0 bridgehead atoms. The fourth-order valence-corrected chi connectivity index (χ4v) is 4.20. The van der Waals surface area contributed by atoms with Gasteiger partial charge >= 0.3 is 5.97 Å². The number of carboxylic acid groups (broad SMARTS) is 1. The zero-order chi connectivity index (χ0) is 25.1. The molecule has 1 heterocycles. The summed E-state index contributed by atoms with van der Waals surface area (Å²) in [5, 5.41) is 14.7. The summed E-state index contributed by atoms with van der Waals surface area (Å²) < 4.78 is 0. The summed E-state index contributed by atoms with van der Waals surface area (Å²) in [5.74, 6) is -2.59. The Morgan fingerprint density at radius 1 is 1.09 bits per heavy atom. The minimum absolute atomic E-state index is 0.000800. The number of aliphatic carboxylic acids is 1. The van der Waals surface area contributed by atoms with Crippen LogP contribution in [0, 0.1) is 0 Å². The lowest BCUT2D eigenvalue weighted by molar-refractivity contribution is -0.149. The molecule has 34 heavy (non-hydrogen) atoms. The van der Waals surface area contributed by atoms with E-state index in [1.807, 2.05) is 30.3 Å². The first kappa shape index (κ1) is 27.6. The van der Waals surface area contributed by atoms with Gasteiger partial charge in [0.1, 0.15) is 18.1 Å². The first-order chi connectivity index (χ1) is 16.3. The second-order valence-corrected chi connectivity index (χ2v) is 8.78. The van der Waals surface area contributed by atoms with E-state index in [1.54, 1.807) is 0 Å². The van der Waals surface area contributed by atoms with Crippen molar-refractivity contribution in [1.82, 2.24) is 15.5 Å². The van der Waals surface area contributed by atoms with Gasteiger partial charge in [-0.2, -0.15) is 12.6 Å². The van der Waals surface area contributed by atoms with Crippen molar-refractivity contribution in [3.8, 4) is 0 Å². The van der Waals surface area contributed by atoms with Crippen LogP contribution in [0.3, 0.4) is 0 Å². The second kappa shape index (κ2) is 13.9. The lowest BCUT2D eigenvalue weighted by Crippen LogP contribution is -2.57. The Morgan fingerprint density at radius 2 is 1.76 bits per heavy atom. The number of hydrogen-bond acceptors (Lipinski definition) is 7. The van der Waals surface area contributed by atoms with Crippen LogP contribution < -0.4 is 22.1 Å². The number of nitrogens with two attached hydrogens (primary N) is 2. The van der Waals surface area contributed by atoms with E-state index in [1.165, 1.54) is 4.90 Å². The van der Waals surface area contributed by atoms with E-state index >= 15 is 0 Å². The maximum atomic E-state index is 13.1. The Bertz CT molecular complexity index is 840. The smallest absolute Gasteiger partial charge is 0.326 e. The molecule has 0 aliphatic carbocycles. The first-order valence-corrected chi connectivity index (χ1v) is 12.2. The maximum Gasteiger partial charge on any atom is 0.326 e. The Hall–Kier alpha value is -2.63. The van der Waals surface area contributed by atoms with Crippen LogP contribution in [0.2, 0.25) is 0 Å². The largest absolute Gasteiger partial charge is 0.480 e. The number of nitrogens with one attached hydrogen (secondary N) is 2. The van der Waals surface area contributed by atoms with Crippen LogP contribution in [-0.4, -0.2) is 76.7 Å². The summed E-state index contributed by atoms with van der Waals surface area (Å²) in [6.45, 7) is 0.755. The van der Waals surface area contributed by atoms with Crippen molar-refractivity contribution in [3.63, 3.8) is 0 Å². The lowest BCUT2D eigenvalue weighted by atomic mass is 10.1. The molecule has 2 rings (SSSR count). The van der Waals surface area contributed by atoms with E-state index in [-0.39, 0.29) is 5.75 Å². The molecule has 4 atom stereocenters. The van der Waals surface area contributed by atoms with Crippen LogP contribution in [0.25, 0.3) is 0 Å². The zero-order valence-corrected chi connectivity index (χ0v) is 20.1. The highest BCUT2D eigenvalue weighted by Gasteiger charge is 2.38. The van der Waals surface area contributed by atoms with Crippen LogP contribution in [0.1, 0.15) is 37.7 Å². The number of carbonyl (C=O) groups is 4. The number of unbranched alkanes of at least 4 members (excludes halogenated alkanes) is 1. The van der Waals surface area contributed by atoms with Crippen molar-refractivity contribution in [2.24, 2.45) is 11.5 Å². The van der Waals surface area contributed by atoms with Gasteiger partial charge in [0, 0.05) is 12.3 Å². The van der Waals surface area contributed by atoms with Gasteiger partial charge in [0.05, 0.1) is 6.04 Å². The number of carboxylic acids is 1. The Balaban J connectivity index is 2.03. The third-order valence-electron chi connectivity index (χ3n) is 5.83. The van der Waals surface area contributed by atoms with E-state index in [2.05, 4.69) is 23.3 Å². The van der Waals surface area contributed by atoms with E-state index in [4.69, 9.17) is 11.5 Å². The molecular weight excluding hydrogens is 458 g/mol. The van der Waals surface area contributed by atoms with Gasteiger partial charge in [-0.3, -0.25) is 14.4 Å². The molecule has 1 aromatic rings. The summed E-state index contributed by atoms with van der Waals surface area (Å²) in [6, 6.07) is 5.59. The number of likely N-dealkylation sites (tertiary alicyclic amines) is 1. The molecule has 1 aliphatic rings. The number of hydrogen-bond donors (Lipinski definition) is 6. The molecule has 1 fully saturated rings. The van der Waals surface area contributed by atoms with Crippen molar-refractivity contribution in [2.45, 2.75) is 62.7 Å². The SMILES string of the molecule is NCCCCC(NC(=O)C(CS)NC(=O)C(N)Cc1ccccc1)C(=O)N1CCCC1C(=O)O. The van der Waals surface area contributed by atoms with E-state index in [0.29, 0.717) is 51.6 Å². The third-order valence-corrected chi connectivity index (χ3v) is 6.20. The fraction of sp³-hybridized carbons (Fsp3) is 0.565. The molecule has 11 heteroatoms. The lowest BCUT2D eigenvalue weighted by Gasteiger charge is -2.28. The van der Waals surface area contributed by atoms with Gasteiger partial charge < -0.3 is 32.1 Å².